The van der Waals surface area contributed by atoms with E-state index in [4.69, 9.17) is 0 Å². The molecular weight excluding hydrogens is 351 g/mol. The highest BCUT2D eigenvalue weighted by Crippen LogP contribution is 2.35. The van der Waals surface area contributed by atoms with Gasteiger partial charge in [-0.15, -0.1) is 0 Å². The molecule has 1 aliphatic heterocycles. The average Bonchev–Trinajstić information content (AvgIpc) is 3.49. The standard InChI is InChI=1S/C20H23FN2O2S/c21-18-8-6-16(7-9-18)15-26(24,25)23-13-12-22(19-10-11-19)14-20(23)17-4-2-1-3-5-17/h1-9,19-20H,10-15H2. The van der Waals surface area contributed by atoms with Gasteiger partial charge < -0.3 is 0 Å². The molecule has 138 valence electrons. The van der Waals surface area contributed by atoms with Crippen molar-refractivity contribution in [3.63, 3.8) is 0 Å². The van der Waals surface area contributed by atoms with E-state index >= 15 is 0 Å². The first-order valence-corrected chi connectivity index (χ1v) is 10.7. The molecule has 1 saturated carbocycles. The van der Waals surface area contributed by atoms with Gasteiger partial charge in [-0.3, -0.25) is 4.90 Å². The lowest BCUT2D eigenvalue weighted by atomic mass is 10.0. The minimum absolute atomic E-state index is 0.0972. The van der Waals surface area contributed by atoms with Crippen molar-refractivity contribution in [1.29, 1.82) is 0 Å². The van der Waals surface area contributed by atoms with Gasteiger partial charge in [-0.25, -0.2) is 12.8 Å². The summed E-state index contributed by atoms with van der Waals surface area (Å²) in [5, 5.41) is 0. The lowest BCUT2D eigenvalue weighted by Crippen LogP contribution is -2.51. The van der Waals surface area contributed by atoms with Gasteiger partial charge in [0.05, 0.1) is 11.8 Å². The molecule has 2 aromatic carbocycles. The zero-order valence-electron chi connectivity index (χ0n) is 14.6. The Bertz CT molecular complexity index is 851. The number of rotatable bonds is 5. The van der Waals surface area contributed by atoms with Crippen LogP contribution in [0, 0.1) is 5.82 Å². The smallest absolute Gasteiger partial charge is 0.218 e. The van der Waals surface area contributed by atoms with Crippen molar-refractivity contribution in [3.05, 3.63) is 71.5 Å². The van der Waals surface area contributed by atoms with Crippen LogP contribution in [0.5, 0.6) is 0 Å². The molecule has 2 aliphatic rings. The third-order valence-electron chi connectivity index (χ3n) is 5.23. The number of sulfonamides is 1. The Morgan fingerprint density at radius 2 is 1.65 bits per heavy atom. The molecule has 0 bridgehead atoms. The minimum Gasteiger partial charge on any atom is -0.297 e. The fraction of sp³-hybridized carbons (Fsp3) is 0.400. The van der Waals surface area contributed by atoms with Crippen LogP contribution in [-0.2, 0) is 15.8 Å². The second-order valence-corrected chi connectivity index (χ2v) is 9.07. The molecule has 2 fully saturated rings. The maximum absolute atomic E-state index is 13.1. The number of benzene rings is 2. The molecule has 4 rings (SSSR count). The average molecular weight is 374 g/mol. The summed E-state index contributed by atoms with van der Waals surface area (Å²) in [6, 6.07) is 16.0. The topological polar surface area (TPSA) is 40.6 Å². The number of nitrogens with zero attached hydrogens (tertiary/aromatic N) is 2. The van der Waals surface area contributed by atoms with Crippen LogP contribution in [0.4, 0.5) is 4.39 Å². The van der Waals surface area contributed by atoms with E-state index in [1.54, 1.807) is 16.4 Å². The second kappa shape index (κ2) is 7.10. The van der Waals surface area contributed by atoms with Gasteiger partial charge in [-0.1, -0.05) is 42.5 Å². The molecule has 0 amide bonds. The number of hydrogen-bond acceptors (Lipinski definition) is 3. The summed E-state index contributed by atoms with van der Waals surface area (Å²) in [4.78, 5) is 2.42. The van der Waals surface area contributed by atoms with Crippen LogP contribution in [0.15, 0.2) is 54.6 Å². The van der Waals surface area contributed by atoms with E-state index in [2.05, 4.69) is 4.90 Å². The Morgan fingerprint density at radius 1 is 0.962 bits per heavy atom. The highest BCUT2D eigenvalue weighted by molar-refractivity contribution is 7.88. The van der Waals surface area contributed by atoms with Gasteiger partial charge in [0, 0.05) is 25.7 Å². The van der Waals surface area contributed by atoms with Crippen molar-refractivity contribution in [1.82, 2.24) is 9.21 Å². The fourth-order valence-corrected chi connectivity index (χ4v) is 5.43. The number of hydrogen-bond donors (Lipinski definition) is 0. The Kier molecular flexibility index (Phi) is 4.82. The van der Waals surface area contributed by atoms with Crippen molar-refractivity contribution < 1.29 is 12.8 Å². The molecule has 0 N–H and O–H groups in total. The van der Waals surface area contributed by atoms with E-state index in [1.807, 2.05) is 30.3 Å². The zero-order chi connectivity index (χ0) is 18.1. The summed E-state index contributed by atoms with van der Waals surface area (Å²) >= 11 is 0. The molecule has 1 heterocycles. The van der Waals surface area contributed by atoms with Crippen LogP contribution in [0.2, 0.25) is 0 Å². The van der Waals surface area contributed by atoms with Crippen LogP contribution in [0.1, 0.15) is 30.0 Å². The SMILES string of the molecule is O=S(=O)(Cc1ccc(F)cc1)N1CCN(C2CC2)CC1c1ccccc1. The normalized spacial score (nSPS) is 22.4. The van der Waals surface area contributed by atoms with E-state index in [0.717, 1.165) is 18.7 Å². The molecule has 2 aromatic rings. The van der Waals surface area contributed by atoms with Gasteiger partial charge in [-0.05, 0) is 36.1 Å². The van der Waals surface area contributed by atoms with Crippen LogP contribution >= 0.6 is 0 Å². The van der Waals surface area contributed by atoms with E-state index in [1.165, 1.54) is 25.0 Å². The van der Waals surface area contributed by atoms with E-state index in [-0.39, 0.29) is 17.6 Å². The largest absolute Gasteiger partial charge is 0.297 e. The Hall–Kier alpha value is -1.76. The summed E-state index contributed by atoms with van der Waals surface area (Å²) in [5.74, 6) is -0.452. The van der Waals surface area contributed by atoms with Gasteiger partial charge in [-0.2, -0.15) is 4.31 Å². The van der Waals surface area contributed by atoms with E-state index in [9.17, 15) is 12.8 Å². The maximum Gasteiger partial charge on any atom is 0.218 e. The predicted molar refractivity (Wildman–Crippen MR) is 99.5 cm³/mol. The van der Waals surface area contributed by atoms with E-state index in [0.29, 0.717) is 18.2 Å². The summed E-state index contributed by atoms with van der Waals surface area (Å²) in [5.41, 5.74) is 1.64. The molecule has 0 radical (unpaired) electrons. The van der Waals surface area contributed by atoms with Gasteiger partial charge in [0.15, 0.2) is 0 Å². The second-order valence-electron chi connectivity index (χ2n) is 7.15. The fourth-order valence-electron chi connectivity index (χ4n) is 3.71. The van der Waals surface area contributed by atoms with Gasteiger partial charge in [0.2, 0.25) is 10.0 Å². The monoisotopic (exact) mass is 374 g/mol. The summed E-state index contributed by atoms with van der Waals surface area (Å²) in [6.45, 7) is 2.01. The molecule has 1 aliphatic carbocycles. The van der Waals surface area contributed by atoms with E-state index < -0.39 is 10.0 Å². The molecule has 6 heteroatoms. The summed E-state index contributed by atoms with van der Waals surface area (Å²) in [7, 11) is -3.49. The Balaban J connectivity index is 1.60. The van der Waals surface area contributed by atoms with Gasteiger partial charge in [0.1, 0.15) is 5.82 Å². The highest BCUT2D eigenvalue weighted by Gasteiger charge is 2.40. The number of piperazine rings is 1. The molecule has 4 nitrogen and oxygen atoms in total. The lowest BCUT2D eigenvalue weighted by Gasteiger charge is -2.41. The Morgan fingerprint density at radius 3 is 2.31 bits per heavy atom. The minimum atomic E-state index is -3.49. The molecule has 26 heavy (non-hydrogen) atoms. The summed E-state index contributed by atoms with van der Waals surface area (Å²) < 4.78 is 41.0. The first kappa shape index (κ1) is 17.6. The molecule has 1 atom stereocenters. The van der Waals surface area contributed by atoms with Crippen molar-refractivity contribution in [3.8, 4) is 0 Å². The van der Waals surface area contributed by atoms with Crippen molar-refractivity contribution in [2.24, 2.45) is 0 Å². The predicted octanol–water partition coefficient (Wildman–Crippen LogP) is 3.18. The van der Waals surface area contributed by atoms with Crippen molar-refractivity contribution in [2.75, 3.05) is 19.6 Å². The third kappa shape index (κ3) is 3.82. The van der Waals surface area contributed by atoms with Gasteiger partial charge in [0.25, 0.3) is 0 Å². The summed E-state index contributed by atoms with van der Waals surface area (Å²) in [6.07, 6.45) is 2.42. The van der Waals surface area contributed by atoms with Crippen LogP contribution in [0.25, 0.3) is 0 Å². The molecule has 0 aromatic heterocycles. The lowest BCUT2D eigenvalue weighted by molar-refractivity contribution is 0.128. The molecule has 0 spiro atoms. The maximum atomic E-state index is 13.1. The van der Waals surface area contributed by atoms with Crippen LogP contribution in [0.3, 0.4) is 0 Å². The number of halogens is 1. The van der Waals surface area contributed by atoms with Crippen molar-refractivity contribution >= 4 is 10.0 Å². The zero-order valence-corrected chi connectivity index (χ0v) is 15.4. The molecule has 1 unspecified atom stereocenters. The van der Waals surface area contributed by atoms with Crippen LogP contribution < -0.4 is 0 Å². The first-order valence-electron chi connectivity index (χ1n) is 9.06. The van der Waals surface area contributed by atoms with Gasteiger partial charge >= 0.3 is 0 Å². The first-order chi connectivity index (χ1) is 12.5. The van der Waals surface area contributed by atoms with Crippen LogP contribution in [-0.4, -0.2) is 43.3 Å². The third-order valence-corrected chi connectivity index (χ3v) is 7.08. The van der Waals surface area contributed by atoms with Crippen molar-refractivity contribution in [2.45, 2.75) is 30.7 Å². The highest BCUT2D eigenvalue weighted by atomic mass is 32.2. The molecular formula is C20H23FN2O2S. The quantitative estimate of drug-likeness (QED) is 0.807. The molecule has 1 saturated heterocycles. The Labute approximate surface area is 154 Å².